The smallest absolute Gasteiger partial charge is 0.274 e. The van der Waals surface area contributed by atoms with Gasteiger partial charge in [-0.1, -0.05) is 18.2 Å². The summed E-state index contributed by atoms with van der Waals surface area (Å²) in [6, 6.07) is 15.8. The van der Waals surface area contributed by atoms with E-state index in [1.54, 1.807) is 24.0 Å². The summed E-state index contributed by atoms with van der Waals surface area (Å²) in [5.74, 6) is 2.35. The number of aromatic amines is 1. The number of ether oxygens (including phenoxy) is 1. The Kier molecular flexibility index (Phi) is 7.08. The van der Waals surface area contributed by atoms with E-state index in [1.165, 1.54) is 24.8 Å². The predicted molar refractivity (Wildman–Crippen MR) is 155 cm³/mol. The average molecular weight is 546 g/mol. The molecule has 0 amide bonds. The predicted octanol–water partition coefficient (Wildman–Crippen LogP) is 5.51. The Morgan fingerprint density at radius 2 is 1.79 bits per heavy atom. The van der Waals surface area contributed by atoms with Gasteiger partial charge in [0.1, 0.15) is 17.0 Å². The fourth-order valence-corrected chi connectivity index (χ4v) is 8.03. The SMILES string of the molecule is Cn1cc(-c2cc(C3CCCS3(=O)=O)ccc2Oc2ccc(CCC3CCNCC3)cc2)c2cc[nH]c2c1=O. The van der Waals surface area contributed by atoms with Gasteiger partial charge in [0, 0.05) is 36.0 Å². The number of hydrogen-bond donors (Lipinski definition) is 2. The molecule has 2 aromatic carbocycles. The summed E-state index contributed by atoms with van der Waals surface area (Å²) < 4.78 is 33.5. The highest BCUT2D eigenvalue weighted by atomic mass is 32.2. The summed E-state index contributed by atoms with van der Waals surface area (Å²) in [7, 11) is -1.46. The van der Waals surface area contributed by atoms with Crippen LogP contribution in [0.4, 0.5) is 0 Å². The number of nitrogens with zero attached hydrogens (tertiary/aromatic N) is 1. The number of nitrogens with one attached hydrogen (secondary N) is 2. The standard InChI is InChI=1S/C31H35N3O4S/c1-34-20-27(25-14-17-33-30(25)31(34)35)26-19-23(29-3-2-18-39(29,36)37)8-11-28(26)38-24-9-6-21(7-10-24)4-5-22-12-15-32-16-13-22/h6-11,14,17,19-20,22,29,32-33H,2-5,12-13,15-16,18H2,1H3. The van der Waals surface area contributed by atoms with E-state index in [9.17, 15) is 13.2 Å². The Labute approximate surface area is 229 Å². The lowest BCUT2D eigenvalue weighted by atomic mass is 9.91. The van der Waals surface area contributed by atoms with E-state index in [2.05, 4.69) is 22.4 Å². The number of piperidine rings is 1. The van der Waals surface area contributed by atoms with Crippen LogP contribution in [0.25, 0.3) is 22.0 Å². The van der Waals surface area contributed by atoms with Crippen LogP contribution in [0.15, 0.2) is 65.7 Å². The number of rotatable bonds is 7. The van der Waals surface area contributed by atoms with Gasteiger partial charge in [-0.2, -0.15) is 0 Å². The largest absolute Gasteiger partial charge is 0.457 e. The molecule has 1 atom stereocenters. The summed E-state index contributed by atoms with van der Waals surface area (Å²) in [5, 5.41) is 3.70. The zero-order valence-electron chi connectivity index (χ0n) is 22.3. The van der Waals surface area contributed by atoms with E-state index in [0.29, 0.717) is 24.1 Å². The van der Waals surface area contributed by atoms with Gasteiger partial charge >= 0.3 is 0 Å². The summed E-state index contributed by atoms with van der Waals surface area (Å²) in [5.41, 5.74) is 4.05. The van der Waals surface area contributed by atoms with Crippen molar-refractivity contribution in [2.24, 2.45) is 13.0 Å². The maximum absolute atomic E-state index is 12.8. The van der Waals surface area contributed by atoms with Gasteiger partial charge in [-0.05, 0) is 99.0 Å². The first kappa shape index (κ1) is 25.9. The van der Waals surface area contributed by atoms with Crippen molar-refractivity contribution in [2.75, 3.05) is 18.8 Å². The molecular weight excluding hydrogens is 510 g/mol. The van der Waals surface area contributed by atoms with Crippen molar-refractivity contribution in [3.63, 3.8) is 0 Å². The van der Waals surface area contributed by atoms with Crippen molar-refractivity contribution in [3.8, 4) is 22.6 Å². The molecule has 2 aliphatic heterocycles. The number of pyridine rings is 1. The Bertz CT molecular complexity index is 1650. The normalized spacial score (nSPS) is 19.5. The van der Waals surface area contributed by atoms with Gasteiger partial charge in [-0.3, -0.25) is 4.79 Å². The number of benzene rings is 2. The summed E-state index contributed by atoms with van der Waals surface area (Å²) in [6.07, 6.45) is 9.62. The Hall–Kier alpha value is -3.36. The lowest BCUT2D eigenvalue weighted by molar-refractivity contribution is 0.354. The molecule has 0 bridgehead atoms. The molecule has 6 rings (SSSR count). The molecule has 2 aromatic heterocycles. The number of aryl methyl sites for hydroxylation is 2. The van der Waals surface area contributed by atoms with Gasteiger partial charge in [0.25, 0.3) is 5.56 Å². The lowest BCUT2D eigenvalue weighted by Crippen LogP contribution is -2.27. The summed E-state index contributed by atoms with van der Waals surface area (Å²) >= 11 is 0. The second-order valence-electron chi connectivity index (χ2n) is 11.0. The van der Waals surface area contributed by atoms with Crippen LogP contribution in [-0.4, -0.2) is 36.8 Å². The van der Waals surface area contributed by atoms with E-state index in [-0.39, 0.29) is 11.3 Å². The van der Waals surface area contributed by atoms with E-state index in [1.807, 2.05) is 36.4 Å². The Morgan fingerprint density at radius 1 is 1.00 bits per heavy atom. The number of aromatic nitrogens is 2. The lowest BCUT2D eigenvalue weighted by Gasteiger charge is -2.22. The van der Waals surface area contributed by atoms with Gasteiger partial charge in [0.15, 0.2) is 9.84 Å². The third-order valence-electron chi connectivity index (χ3n) is 8.34. The molecule has 2 N–H and O–H groups in total. The Morgan fingerprint density at radius 3 is 2.54 bits per heavy atom. The summed E-state index contributed by atoms with van der Waals surface area (Å²) in [6.45, 7) is 2.24. The van der Waals surface area contributed by atoms with Crippen molar-refractivity contribution in [1.82, 2.24) is 14.9 Å². The van der Waals surface area contributed by atoms with Gasteiger partial charge < -0.3 is 19.6 Å². The van der Waals surface area contributed by atoms with Crippen molar-refractivity contribution in [2.45, 2.75) is 43.8 Å². The van der Waals surface area contributed by atoms with Gasteiger partial charge in [0.2, 0.25) is 0 Å². The minimum absolute atomic E-state index is 0.115. The first-order valence-corrected chi connectivity index (χ1v) is 15.6. The number of fused-ring (bicyclic) bond motifs is 1. The van der Waals surface area contributed by atoms with Gasteiger partial charge in [0.05, 0.1) is 11.0 Å². The molecule has 4 heterocycles. The molecule has 204 valence electrons. The molecule has 2 saturated heterocycles. The van der Waals surface area contributed by atoms with Crippen LogP contribution in [-0.2, 0) is 23.3 Å². The summed E-state index contributed by atoms with van der Waals surface area (Å²) in [4.78, 5) is 15.8. The molecule has 7 nitrogen and oxygen atoms in total. The van der Waals surface area contributed by atoms with Gasteiger partial charge in [-0.25, -0.2) is 8.42 Å². The van der Waals surface area contributed by atoms with Crippen LogP contribution in [0.2, 0.25) is 0 Å². The van der Waals surface area contributed by atoms with E-state index < -0.39 is 15.1 Å². The van der Waals surface area contributed by atoms with Crippen molar-refractivity contribution >= 4 is 20.7 Å². The number of hydrogen-bond acceptors (Lipinski definition) is 5. The molecular formula is C31H35N3O4S. The van der Waals surface area contributed by atoms with Gasteiger partial charge in [-0.15, -0.1) is 0 Å². The zero-order chi connectivity index (χ0) is 27.0. The second kappa shape index (κ2) is 10.7. The van der Waals surface area contributed by atoms with Crippen molar-refractivity contribution in [3.05, 3.63) is 82.4 Å². The Balaban J connectivity index is 1.34. The average Bonchev–Trinajstić information content (AvgIpc) is 3.58. The quantitative estimate of drug-likeness (QED) is 0.320. The molecule has 0 radical (unpaired) electrons. The molecule has 1 unspecified atom stereocenters. The van der Waals surface area contributed by atoms with E-state index >= 15 is 0 Å². The van der Waals surface area contributed by atoms with Crippen molar-refractivity contribution in [1.29, 1.82) is 0 Å². The molecule has 0 spiro atoms. The van der Waals surface area contributed by atoms with Crippen LogP contribution >= 0.6 is 0 Å². The minimum Gasteiger partial charge on any atom is -0.457 e. The van der Waals surface area contributed by atoms with Crippen LogP contribution < -0.4 is 15.6 Å². The van der Waals surface area contributed by atoms with Crippen LogP contribution in [0.1, 0.15) is 48.5 Å². The fourth-order valence-electron chi connectivity index (χ4n) is 6.09. The highest BCUT2D eigenvalue weighted by Gasteiger charge is 2.33. The third-order valence-corrected chi connectivity index (χ3v) is 10.6. The molecule has 0 aliphatic carbocycles. The molecule has 8 heteroatoms. The monoisotopic (exact) mass is 545 g/mol. The number of H-pyrrole nitrogens is 1. The topological polar surface area (TPSA) is 93.2 Å². The molecule has 0 saturated carbocycles. The first-order valence-electron chi connectivity index (χ1n) is 13.9. The van der Waals surface area contributed by atoms with Crippen molar-refractivity contribution < 1.29 is 13.2 Å². The molecule has 2 aliphatic rings. The molecule has 39 heavy (non-hydrogen) atoms. The molecule has 4 aromatic rings. The number of sulfone groups is 1. The highest BCUT2D eigenvalue weighted by molar-refractivity contribution is 7.91. The second-order valence-corrected chi connectivity index (χ2v) is 13.3. The first-order chi connectivity index (χ1) is 18.9. The molecule has 2 fully saturated rings. The van der Waals surface area contributed by atoms with E-state index in [0.717, 1.165) is 53.3 Å². The maximum atomic E-state index is 12.8. The third kappa shape index (κ3) is 5.28. The minimum atomic E-state index is -3.18. The fraction of sp³-hybridized carbons (Fsp3) is 0.387. The maximum Gasteiger partial charge on any atom is 0.274 e. The van der Waals surface area contributed by atoms with Crippen LogP contribution in [0.3, 0.4) is 0 Å². The highest BCUT2D eigenvalue weighted by Crippen LogP contribution is 2.42. The van der Waals surface area contributed by atoms with Crippen LogP contribution in [0, 0.1) is 5.92 Å². The van der Waals surface area contributed by atoms with E-state index in [4.69, 9.17) is 4.74 Å². The van der Waals surface area contributed by atoms with Crippen LogP contribution in [0.5, 0.6) is 11.5 Å². The zero-order valence-corrected chi connectivity index (χ0v) is 23.1.